The second kappa shape index (κ2) is 3.98. The van der Waals surface area contributed by atoms with E-state index in [1.54, 1.807) is 21.7 Å². The van der Waals surface area contributed by atoms with Crippen molar-refractivity contribution in [3.8, 4) is 0 Å². The van der Waals surface area contributed by atoms with E-state index in [1.165, 1.54) is 12.1 Å². The van der Waals surface area contributed by atoms with Crippen LogP contribution in [0, 0.1) is 0 Å². The lowest BCUT2D eigenvalue weighted by molar-refractivity contribution is -0.105. The third kappa shape index (κ3) is 1.73. The number of allylic oxidation sites excluding steroid dienone is 2. The molecule has 14 heavy (non-hydrogen) atoms. The first-order chi connectivity index (χ1) is 6.81. The van der Waals surface area contributed by atoms with Gasteiger partial charge in [-0.05, 0) is 17.5 Å². The van der Waals surface area contributed by atoms with Crippen LogP contribution in [0.1, 0.15) is 4.88 Å². The number of likely N-dealkylation sites (N-methyl/N-ethyl adjacent to an activating group) is 1. The van der Waals surface area contributed by atoms with E-state index in [0.29, 0.717) is 5.70 Å². The van der Waals surface area contributed by atoms with Gasteiger partial charge in [0.25, 0.3) is 0 Å². The molecule has 1 aliphatic rings. The van der Waals surface area contributed by atoms with E-state index in [2.05, 4.69) is 4.40 Å². The Morgan fingerprint density at radius 1 is 1.57 bits per heavy atom. The maximum Gasteiger partial charge on any atom is 0.167 e. The Morgan fingerprint density at radius 2 is 2.43 bits per heavy atom. The van der Waals surface area contributed by atoms with Gasteiger partial charge < -0.3 is 0 Å². The van der Waals surface area contributed by atoms with Crippen LogP contribution in [0.5, 0.6) is 0 Å². The van der Waals surface area contributed by atoms with E-state index in [1.807, 2.05) is 24.6 Å². The van der Waals surface area contributed by atoms with Gasteiger partial charge in [-0.3, -0.25) is 9.10 Å². The molecule has 72 valence electrons. The fraction of sp³-hybridized carbons (Fsp3) is 0.111. The predicted molar refractivity (Wildman–Crippen MR) is 60.4 cm³/mol. The average molecular weight is 224 g/mol. The van der Waals surface area contributed by atoms with Gasteiger partial charge in [0.15, 0.2) is 6.29 Å². The summed E-state index contributed by atoms with van der Waals surface area (Å²) in [7, 11) is 1.82. The molecule has 0 unspecified atom stereocenters. The molecule has 0 aliphatic carbocycles. The van der Waals surface area contributed by atoms with Gasteiger partial charge in [0.05, 0.1) is 28.4 Å². The molecule has 0 spiro atoms. The van der Waals surface area contributed by atoms with Crippen molar-refractivity contribution in [3.05, 3.63) is 34.2 Å². The first kappa shape index (κ1) is 9.48. The Kier molecular flexibility index (Phi) is 2.69. The van der Waals surface area contributed by atoms with Gasteiger partial charge in [-0.2, -0.15) is 4.40 Å². The lowest BCUT2D eigenvalue weighted by Crippen LogP contribution is -2.15. The smallest absolute Gasteiger partial charge is 0.167 e. The van der Waals surface area contributed by atoms with E-state index in [4.69, 9.17) is 0 Å². The van der Waals surface area contributed by atoms with E-state index < -0.39 is 0 Å². The molecule has 0 fully saturated rings. The topological polar surface area (TPSA) is 32.7 Å². The number of carbonyl (C=O) groups is 1. The Morgan fingerprint density at radius 3 is 3.07 bits per heavy atom. The van der Waals surface area contributed by atoms with Crippen molar-refractivity contribution in [1.82, 2.24) is 4.31 Å². The summed E-state index contributed by atoms with van der Waals surface area (Å²) < 4.78 is 6.03. The van der Waals surface area contributed by atoms with Crippen molar-refractivity contribution in [2.45, 2.75) is 0 Å². The number of rotatable bonds is 2. The SMILES string of the molecule is CN1SN=C(c2cccs2)C=C1C=O. The average Bonchev–Trinajstić information content (AvgIpc) is 2.71. The van der Waals surface area contributed by atoms with E-state index in [0.717, 1.165) is 16.9 Å². The molecule has 0 N–H and O–H groups in total. The molecule has 1 aromatic heterocycles. The molecule has 2 rings (SSSR count). The fourth-order valence-corrected chi connectivity index (χ4v) is 2.35. The molecule has 0 bridgehead atoms. The maximum atomic E-state index is 10.7. The first-order valence-electron chi connectivity index (χ1n) is 4.01. The minimum absolute atomic E-state index is 0.647. The van der Waals surface area contributed by atoms with Gasteiger partial charge in [-0.25, -0.2) is 0 Å². The molecule has 1 aromatic rings. The molecule has 1 aliphatic heterocycles. The van der Waals surface area contributed by atoms with Crippen molar-refractivity contribution >= 4 is 35.5 Å². The predicted octanol–water partition coefficient (Wildman–Crippen LogP) is 2.13. The summed E-state index contributed by atoms with van der Waals surface area (Å²) in [6.45, 7) is 0. The Bertz CT molecular complexity index is 395. The van der Waals surface area contributed by atoms with Crippen LogP contribution in [0.15, 0.2) is 33.7 Å². The van der Waals surface area contributed by atoms with Crippen molar-refractivity contribution in [2.75, 3.05) is 7.05 Å². The normalized spacial score (nSPS) is 16.2. The lowest BCUT2D eigenvalue weighted by Gasteiger charge is -2.18. The van der Waals surface area contributed by atoms with Crippen LogP contribution in [-0.4, -0.2) is 23.4 Å². The first-order valence-corrected chi connectivity index (χ1v) is 5.62. The van der Waals surface area contributed by atoms with Crippen LogP contribution in [0.25, 0.3) is 0 Å². The molecule has 0 saturated heterocycles. The van der Waals surface area contributed by atoms with Crippen LogP contribution in [-0.2, 0) is 4.79 Å². The van der Waals surface area contributed by atoms with Gasteiger partial charge in [0.1, 0.15) is 0 Å². The number of nitrogens with zero attached hydrogens (tertiary/aromatic N) is 2. The number of thiophene rings is 1. The molecule has 0 aromatic carbocycles. The largest absolute Gasteiger partial charge is 0.297 e. The zero-order valence-corrected chi connectivity index (χ0v) is 9.14. The van der Waals surface area contributed by atoms with Gasteiger partial charge in [0.2, 0.25) is 0 Å². The van der Waals surface area contributed by atoms with Crippen molar-refractivity contribution in [1.29, 1.82) is 0 Å². The third-order valence-electron chi connectivity index (χ3n) is 1.80. The summed E-state index contributed by atoms with van der Waals surface area (Å²) in [6.07, 6.45) is 2.64. The summed E-state index contributed by atoms with van der Waals surface area (Å²) in [5, 5.41) is 2.00. The quantitative estimate of drug-likeness (QED) is 0.570. The highest BCUT2D eigenvalue weighted by molar-refractivity contribution is 7.96. The van der Waals surface area contributed by atoms with Crippen LogP contribution in [0.3, 0.4) is 0 Å². The molecule has 5 heteroatoms. The second-order valence-corrected chi connectivity index (χ2v) is 4.56. The number of hydrogen-bond donors (Lipinski definition) is 0. The highest BCUT2D eigenvalue weighted by Crippen LogP contribution is 2.24. The minimum Gasteiger partial charge on any atom is -0.297 e. The van der Waals surface area contributed by atoms with Crippen LogP contribution >= 0.6 is 23.5 Å². The Labute approximate surface area is 90.4 Å². The molecular weight excluding hydrogens is 216 g/mol. The summed E-state index contributed by atoms with van der Waals surface area (Å²) in [4.78, 5) is 11.8. The third-order valence-corrected chi connectivity index (χ3v) is 3.43. The number of hydrogen-bond acceptors (Lipinski definition) is 5. The molecular formula is C9H8N2OS2. The Balaban J connectivity index is 2.32. The summed E-state index contributed by atoms with van der Waals surface area (Å²) in [5.74, 6) is 0. The monoisotopic (exact) mass is 224 g/mol. The van der Waals surface area contributed by atoms with Crippen LogP contribution in [0.2, 0.25) is 0 Å². The summed E-state index contributed by atoms with van der Waals surface area (Å²) >= 11 is 2.91. The van der Waals surface area contributed by atoms with Crippen molar-refractivity contribution in [3.63, 3.8) is 0 Å². The number of carbonyl (C=O) groups excluding carboxylic acids is 1. The Hall–Kier alpha value is -1.07. The van der Waals surface area contributed by atoms with Gasteiger partial charge in [0, 0.05) is 7.05 Å². The maximum absolute atomic E-state index is 10.7. The standard InChI is InChI=1S/C9H8N2OS2/c1-11-7(6-12)5-8(10-14-11)9-3-2-4-13-9/h2-6H,1H3. The minimum atomic E-state index is 0.647. The van der Waals surface area contributed by atoms with Crippen molar-refractivity contribution < 1.29 is 4.79 Å². The van der Waals surface area contributed by atoms with E-state index in [9.17, 15) is 4.79 Å². The molecule has 0 saturated carbocycles. The lowest BCUT2D eigenvalue weighted by atomic mass is 10.2. The highest BCUT2D eigenvalue weighted by Gasteiger charge is 2.13. The van der Waals surface area contributed by atoms with E-state index in [-0.39, 0.29) is 0 Å². The van der Waals surface area contributed by atoms with Gasteiger partial charge in [-0.15, -0.1) is 11.3 Å². The van der Waals surface area contributed by atoms with Crippen LogP contribution < -0.4 is 0 Å². The van der Waals surface area contributed by atoms with Gasteiger partial charge >= 0.3 is 0 Å². The molecule has 0 radical (unpaired) electrons. The van der Waals surface area contributed by atoms with Gasteiger partial charge in [-0.1, -0.05) is 6.07 Å². The zero-order valence-electron chi connectivity index (χ0n) is 7.51. The summed E-state index contributed by atoms with van der Waals surface area (Å²) in [6, 6.07) is 3.97. The fourth-order valence-electron chi connectivity index (χ4n) is 1.06. The zero-order chi connectivity index (χ0) is 9.97. The molecule has 3 nitrogen and oxygen atoms in total. The van der Waals surface area contributed by atoms with E-state index >= 15 is 0 Å². The highest BCUT2D eigenvalue weighted by atomic mass is 32.2. The van der Waals surface area contributed by atoms with Crippen LogP contribution in [0.4, 0.5) is 0 Å². The number of aldehydes is 1. The molecule has 0 atom stereocenters. The summed E-state index contributed by atoms with van der Waals surface area (Å²) in [5.41, 5.74) is 1.51. The van der Waals surface area contributed by atoms with Crippen molar-refractivity contribution in [2.24, 2.45) is 4.40 Å². The molecule has 0 amide bonds. The molecule has 2 heterocycles. The second-order valence-electron chi connectivity index (χ2n) is 2.72.